The van der Waals surface area contributed by atoms with Crippen molar-refractivity contribution in [3.8, 4) is 0 Å². The molecule has 4 amide bonds. The van der Waals surface area contributed by atoms with Gasteiger partial charge < -0.3 is 22.1 Å². The molecule has 0 spiro atoms. The zero-order chi connectivity index (χ0) is 17.6. The van der Waals surface area contributed by atoms with E-state index in [9.17, 15) is 9.59 Å². The first-order valence-corrected chi connectivity index (χ1v) is 7.46. The average molecular weight is 393 g/mol. The number of primary amides is 2. The minimum absolute atomic E-state index is 0. The second-order valence-electron chi connectivity index (χ2n) is 4.82. The van der Waals surface area contributed by atoms with Gasteiger partial charge in [-0.3, -0.25) is 0 Å². The summed E-state index contributed by atoms with van der Waals surface area (Å²) in [6, 6.07) is -1.16. The van der Waals surface area contributed by atoms with E-state index in [0.29, 0.717) is 12.2 Å². The van der Waals surface area contributed by atoms with Crippen LogP contribution < -0.4 is 22.3 Å². The summed E-state index contributed by atoms with van der Waals surface area (Å²) in [7, 11) is 0. The molecule has 0 saturated carbocycles. The Balaban J connectivity index is 0.000000443. The Labute approximate surface area is 156 Å². The Kier molecular flexibility index (Phi) is 12.7. The van der Waals surface area contributed by atoms with Gasteiger partial charge in [0.2, 0.25) is 0 Å². The third kappa shape index (κ3) is 12.7. The van der Waals surface area contributed by atoms with Crippen LogP contribution in [0.1, 0.15) is 19.3 Å². The van der Waals surface area contributed by atoms with E-state index in [-0.39, 0.29) is 22.5 Å². The number of carbonyl (C=O) groups excluding carboxylic acids is 2. The fourth-order valence-corrected chi connectivity index (χ4v) is 1.81. The van der Waals surface area contributed by atoms with E-state index in [2.05, 4.69) is 31.7 Å². The van der Waals surface area contributed by atoms with E-state index >= 15 is 0 Å². The van der Waals surface area contributed by atoms with Gasteiger partial charge in [-0.05, 0) is 0 Å². The van der Waals surface area contributed by atoms with Gasteiger partial charge in [-0.15, -0.1) is 24.9 Å². The van der Waals surface area contributed by atoms with Crippen LogP contribution in [-0.4, -0.2) is 43.6 Å². The van der Waals surface area contributed by atoms with Gasteiger partial charge in [-0.2, -0.15) is 10.2 Å². The summed E-state index contributed by atoms with van der Waals surface area (Å²) in [4.78, 5) is 20.4. The smallest absolute Gasteiger partial charge is 0.680 e. The summed E-state index contributed by atoms with van der Waals surface area (Å²) in [6.07, 6.45) is 12.0. The summed E-state index contributed by atoms with van der Waals surface area (Å²) in [6.45, 7) is 1.54. The number of allylic oxidation sites excluding steroid dienone is 3. The topological polar surface area (TPSA) is 163 Å². The minimum Gasteiger partial charge on any atom is -0.680 e. The number of nitrogens with two attached hydrogens (primary N) is 2. The van der Waals surface area contributed by atoms with Crippen LogP contribution in [-0.2, 0) is 16.5 Å². The SMILES string of the molecule is NC(=O)NN=CC1=CC=CC[N-]1.NC(=O)NN=CC1CCCC[N-]1.[Ni+2]. The summed E-state index contributed by atoms with van der Waals surface area (Å²) in [5, 5.41) is 15.5. The van der Waals surface area contributed by atoms with Crippen molar-refractivity contribution in [2.24, 2.45) is 21.7 Å². The number of carbonyl (C=O) groups is 2. The third-order valence-corrected chi connectivity index (χ3v) is 2.85. The number of urea groups is 2. The predicted octanol–water partition coefficient (Wildman–Crippen LogP) is 1.03. The second-order valence-corrected chi connectivity index (χ2v) is 4.82. The molecule has 2 rings (SSSR count). The second kappa shape index (κ2) is 14.0. The van der Waals surface area contributed by atoms with E-state index in [1.807, 2.05) is 12.2 Å². The summed E-state index contributed by atoms with van der Waals surface area (Å²) < 4.78 is 0. The monoisotopic (exact) mass is 392 g/mol. The van der Waals surface area contributed by atoms with Crippen LogP contribution in [0.2, 0.25) is 0 Å². The van der Waals surface area contributed by atoms with Gasteiger partial charge in [-0.25, -0.2) is 20.4 Å². The Morgan fingerprint density at radius 1 is 1.20 bits per heavy atom. The van der Waals surface area contributed by atoms with E-state index < -0.39 is 12.1 Å². The number of nitrogens with zero attached hydrogens (tertiary/aromatic N) is 4. The molecule has 0 radical (unpaired) electrons. The molecule has 0 bridgehead atoms. The Bertz CT molecular complexity index is 527. The van der Waals surface area contributed by atoms with E-state index in [4.69, 9.17) is 11.5 Å². The zero-order valence-corrected chi connectivity index (χ0v) is 14.6. The van der Waals surface area contributed by atoms with Gasteiger partial charge in [0.15, 0.2) is 0 Å². The number of nitrogens with one attached hydrogen (secondary N) is 2. The van der Waals surface area contributed by atoms with Crippen LogP contribution in [0.15, 0.2) is 34.1 Å². The molecule has 0 aromatic carbocycles. The molecule has 6 N–H and O–H groups in total. The largest absolute Gasteiger partial charge is 2.00 e. The van der Waals surface area contributed by atoms with Crippen molar-refractivity contribution in [1.29, 1.82) is 0 Å². The molecule has 2 aliphatic rings. The van der Waals surface area contributed by atoms with Gasteiger partial charge in [0.25, 0.3) is 0 Å². The van der Waals surface area contributed by atoms with Gasteiger partial charge >= 0.3 is 28.6 Å². The predicted molar refractivity (Wildman–Crippen MR) is 93.7 cm³/mol. The molecular weight excluding hydrogens is 371 g/mol. The molecule has 2 aliphatic heterocycles. The van der Waals surface area contributed by atoms with Crippen LogP contribution in [0.3, 0.4) is 0 Å². The number of piperidine rings is 1. The molecule has 1 fully saturated rings. The molecule has 1 saturated heterocycles. The Hall–Kier alpha value is -2.39. The molecule has 25 heavy (non-hydrogen) atoms. The molecule has 1 unspecified atom stereocenters. The van der Waals surface area contributed by atoms with Crippen molar-refractivity contribution >= 4 is 24.5 Å². The molecule has 0 aliphatic carbocycles. The van der Waals surface area contributed by atoms with Crippen molar-refractivity contribution < 1.29 is 26.1 Å². The maximum atomic E-state index is 10.2. The molecule has 2 heterocycles. The first kappa shape index (κ1) is 22.6. The van der Waals surface area contributed by atoms with Crippen molar-refractivity contribution in [3.63, 3.8) is 0 Å². The number of amides is 4. The number of hydrogen-bond acceptors (Lipinski definition) is 4. The third-order valence-electron chi connectivity index (χ3n) is 2.85. The Morgan fingerprint density at radius 3 is 2.48 bits per heavy atom. The first-order valence-electron chi connectivity index (χ1n) is 7.46. The molecule has 10 nitrogen and oxygen atoms in total. The maximum absolute atomic E-state index is 10.2. The fraction of sp³-hybridized carbons (Fsp3) is 0.429. The van der Waals surface area contributed by atoms with Gasteiger partial charge in [0.05, 0.1) is 0 Å². The Morgan fingerprint density at radius 2 is 1.92 bits per heavy atom. The summed E-state index contributed by atoms with van der Waals surface area (Å²) in [5.41, 5.74) is 14.5. The maximum Gasteiger partial charge on any atom is 2.00 e. The van der Waals surface area contributed by atoms with Gasteiger partial charge in [0, 0.05) is 12.4 Å². The summed E-state index contributed by atoms with van der Waals surface area (Å²) in [5.74, 6) is 0. The average Bonchev–Trinajstić information content (AvgIpc) is 2.57. The van der Waals surface area contributed by atoms with Crippen molar-refractivity contribution in [3.05, 3.63) is 34.6 Å². The van der Waals surface area contributed by atoms with E-state index in [0.717, 1.165) is 19.4 Å². The van der Waals surface area contributed by atoms with E-state index in [1.165, 1.54) is 12.6 Å². The zero-order valence-electron chi connectivity index (χ0n) is 13.6. The standard InChI is InChI=1S/C7H13N4O.C7H9N4O.Ni/c2*8-7(12)11-10-5-6-3-1-2-4-9-6;/h5-6H,1-4H2,(H3,8,11,12);1-3,5H,4H2,(H3,8,11,12);/q2*-1;+2. The minimum atomic E-state index is -0.682. The molecule has 0 aromatic heterocycles. The molecule has 0 aromatic rings. The van der Waals surface area contributed by atoms with E-state index in [1.54, 1.807) is 12.3 Å². The van der Waals surface area contributed by atoms with Crippen LogP contribution in [0.5, 0.6) is 0 Å². The normalized spacial score (nSPS) is 19.0. The molecule has 11 heteroatoms. The summed E-state index contributed by atoms with van der Waals surface area (Å²) >= 11 is 0. The molecular formula is C14H22N8NiO2. The quantitative estimate of drug-likeness (QED) is 0.319. The number of rotatable bonds is 4. The number of hydrazone groups is 2. The van der Waals surface area contributed by atoms with Gasteiger partial charge in [-0.1, -0.05) is 37.5 Å². The molecule has 140 valence electrons. The van der Waals surface area contributed by atoms with Crippen molar-refractivity contribution in [2.45, 2.75) is 25.3 Å². The van der Waals surface area contributed by atoms with Crippen molar-refractivity contribution in [2.75, 3.05) is 13.1 Å². The van der Waals surface area contributed by atoms with Crippen LogP contribution >= 0.6 is 0 Å². The first-order chi connectivity index (χ1) is 11.6. The van der Waals surface area contributed by atoms with Crippen LogP contribution in [0.4, 0.5) is 9.59 Å². The number of hydrogen-bond donors (Lipinski definition) is 4. The fourth-order valence-electron chi connectivity index (χ4n) is 1.81. The van der Waals surface area contributed by atoms with Crippen LogP contribution in [0, 0.1) is 0 Å². The van der Waals surface area contributed by atoms with Crippen LogP contribution in [0.25, 0.3) is 10.6 Å². The van der Waals surface area contributed by atoms with Gasteiger partial charge in [0.1, 0.15) is 0 Å². The van der Waals surface area contributed by atoms with Crippen molar-refractivity contribution in [1.82, 2.24) is 10.9 Å². The molecule has 1 atom stereocenters.